The van der Waals surface area contributed by atoms with Crippen molar-refractivity contribution in [1.82, 2.24) is 4.90 Å². The van der Waals surface area contributed by atoms with Crippen LogP contribution in [-0.2, 0) is 9.59 Å². The average Bonchev–Trinajstić information content (AvgIpc) is 2.59. The molecule has 18 heavy (non-hydrogen) atoms. The first kappa shape index (κ1) is 13.4. The molecule has 1 aliphatic rings. The number of carbonyl (C=O) groups is 2. The lowest BCUT2D eigenvalue weighted by Gasteiger charge is -2.14. The number of hydrogen-bond donors (Lipinski definition) is 1. The van der Waals surface area contributed by atoms with Gasteiger partial charge in [0.1, 0.15) is 6.04 Å². The number of imide groups is 1. The Labute approximate surface area is 118 Å². The summed E-state index contributed by atoms with van der Waals surface area (Å²) in [7, 11) is 0. The Morgan fingerprint density at radius 2 is 2.22 bits per heavy atom. The minimum atomic E-state index is -0.481. The zero-order valence-corrected chi connectivity index (χ0v) is 12.1. The molecule has 96 valence electrons. The molecule has 0 radical (unpaired) electrons. The van der Waals surface area contributed by atoms with Crippen LogP contribution in [0.2, 0.25) is 5.02 Å². The summed E-state index contributed by atoms with van der Waals surface area (Å²) < 4.78 is 0.748. The minimum absolute atomic E-state index is 0.131. The van der Waals surface area contributed by atoms with Crippen molar-refractivity contribution in [2.75, 3.05) is 11.9 Å². The van der Waals surface area contributed by atoms with E-state index in [1.165, 1.54) is 4.90 Å². The van der Waals surface area contributed by atoms with Crippen LogP contribution in [0.5, 0.6) is 0 Å². The Kier molecular flexibility index (Phi) is 3.92. The van der Waals surface area contributed by atoms with Crippen molar-refractivity contribution in [3.63, 3.8) is 0 Å². The summed E-state index contributed by atoms with van der Waals surface area (Å²) in [6.45, 7) is 2.21. The molecule has 0 bridgehead atoms. The van der Waals surface area contributed by atoms with E-state index < -0.39 is 6.04 Å². The molecule has 4 nitrogen and oxygen atoms in total. The number of anilines is 1. The summed E-state index contributed by atoms with van der Waals surface area (Å²) >= 11 is 9.20. The third-order valence-electron chi connectivity index (χ3n) is 2.82. The van der Waals surface area contributed by atoms with Gasteiger partial charge in [-0.05, 0) is 41.1 Å². The second-order valence-electron chi connectivity index (χ2n) is 4.01. The van der Waals surface area contributed by atoms with Gasteiger partial charge in [0.25, 0.3) is 5.91 Å². The molecule has 1 heterocycles. The van der Waals surface area contributed by atoms with E-state index in [0.29, 0.717) is 11.6 Å². The summed E-state index contributed by atoms with van der Waals surface area (Å²) in [6, 6.07) is 4.81. The SMILES string of the molecule is CCN1C(=O)CC(Nc2ccc(Cl)c(Br)c2)C1=O. The molecule has 1 aromatic carbocycles. The quantitative estimate of drug-likeness (QED) is 0.866. The molecule has 1 N–H and O–H groups in total. The number of likely N-dealkylation sites (tertiary alicyclic amines) is 1. The standard InChI is InChI=1S/C12H12BrClN2O2/c1-2-16-11(17)6-10(12(16)18)15-7-3-4-9(14)8(13)5-7/h3-5,10,15H,2,6H2,1H3. The highest BCUT2D eigenvalue weighted by Crippen LogP contribution is 2.27. The fraction of sp³-hybridized carbons (Fsp3) is 0.333. The zero-order chi connectivity index (χ0) is 13.3. The Morgan fingerprint density at radius 3 is 2.78 bits per heavy atom. The Morgan fingerprint density at radius 1 is 1.50 bits per heavy atom. The maximum atomic E-state index is 11.9. The molecule has 1 atom stereocenters. The van der Waals surface area contributed by atoms with E-state index in [0.717, 1.165) is 10.2 Å². The second kappa shape index (κ2) is 5.28. The van der Waals surface area contributed by atoms with Crippen LogP contribution in [-0.4, -0.2) is 29.3 Å². The van der Waals surface area contributed by atoms with Gasteiger partial charge in [0.15, 0.2) is 0 Å². The highest BCUT2D eigenvalue weighted by Gasteiger charge is 2.37. The van der Waals surface area contributed by atoms with Gasteiger partial charge in [0, 0.05) is 16.7 Å². The van der Waals surface area contributed by atoms with Gasteiger partial charge in [0.2, 0.25) is 5.91 Å². The van der Waals surface area contributed by atoms with Gasteiger partial charge in [-0.15, -0.1) is 0 Å². The van der Waals surface area contributed by atoms with Gasteiger partial charge >= 0.3 is 0 Å². The Hall–Kier alpha value is -1.07. The first-order valence-corrected chi connectivity index (χ1v) is 6.75. The molecule has 1 aliphatic heterocycles. The molecular weight excluding hydrogens is 320 g/mol. The van der Waals surface area contributed by atoms with Crippen LogP contribution in [0.25, 0.3) is 0 Å². The second-order valence-corrected chi connectivity index (χ2v) is 5.27. The van der Waals surface area contributed by atoms with Gasteiger partial charge in [-0.2, -0.15) is 0 Å². The maximum absolute atomic E-state index is 11.9. The summed E-state index contributed by atoms with van der Waals surface area (Å²) in [6.07, 6.45) is 0.201. The molecule has 0 spiro atoms. The van der Waals surface area contributed by atoms with Gasteiger partial charge in [0.05, 0.1) is 11.4 Å². The van der Waals surface area contributed by atoms with E-state index in [2.05, 4.69) is 21.2 Å². The van der Waals surface area contributed by atoms with Crippen LogP contribution < -0.4 is 5.32 Å². The van der Waals surface area contributed by atoms with Crippen LogP contribution in [0.4, 0.5) is 5.69 Å². The zero-order valence-electron chi connectivity index (χ0n) is 9.74. The number of nitrogens with one attached hydrogen (secondary N) is 1. The molecule has 0 saturated carbocycles. The van der Waals surface area contributed by atoms with Crippen molar-refractivity contribution >= 4 is 45.0 Å². The normalized spacial score (nSPS) is 19.5. The van der Waals surface area contributed by atoms with E-state index >= 15 is 0 Å². The van der Waals surface area contributed by atoms with E-state index in [9.17, 15) is 9.59 Å². The highest BCUT2D eigenvalue weighted by molar-refractivity contribution is 9.10. The fourth-order valence-corrected chi connectivity index (χ4v) is 2.41. The monoisotopic (exact) mass is 330 g/mol. The van der Waals surface area contributed by atoms with Crippen molar-refractivity contribution in [3.05, 3.63) is 27.7 Å². The predicted molar refractivity (Wildman–Crippen MR) is 73.6 cm³/mol. The number of halogens is 2. The average molecular weight is 332 g/mol. The number of hydrogen-bond acceptors (Lipinski definition) is 3. The molecule has 1 saturated heterocycles. The first-order chi connectivity index (χ1) is 8.52. The van der Waals surface area contributed by atoms with Crippen molar-refractivity contribution in [2.45, 2.75) is 19.4 Å². The smallest absolute Gasteiger partial charge is 0.252 e. The number of rotatable bonds is 3. The predicted octanol–water partition coefficient (Wildman–Crippen LogP) is 2.66. The van der Waals surface area contributed by atoms with Crippen molar-refractivity contribution < 1.29 is 9.59 Å². The van der Waals surface area contributed by atoms with Gasteiger partial charge in [-0.25, -0.2) is 0 Å². The van der Waals surface area contributed by atoms with Crippen LogP contribution in [0.3, 0.4) is 0 Å². The van der Waals surface area contributed by atoms with Crippen molar-refractivity contribution in [2.24, 2.45) is 0 Å². The van der Waals surface area contributed by atoms with Crippen molar-refractivity contribution in [1.29, 1.82) is 0 Å². The van der Waals surface area contributed by atoms with Crippen LogP contribution in [0, 0.1) is 0 Å². The molecule has 2 amide bonds. The molecule has 6 heteroatoms. The molecule has 1 aromatic rings. The topological polar surface area (TPSA) is 49.4 Å². The number of amides is 2. The largest absolute Gasteiger partial charge is 0.373 e. The van der Waals surface area contributed by atoms with E-state index in [-0.39, 0.29) is 18.2 Å². The lowest BCUT2D eigenvalue weighted by molar-refractivity contribution is -0.138. The molecule has 0 aromatic heterocycles. The Bertz CT molecular complexity index is 507. The first-order valence-electron chi connectivity index (χ1n) is 5.58. The molecule has 1 fully saturated rings. The number of benzene rings is 1. The summed E-state index contributed by atoms with van der Waals surface area (Å²) in [5.74, 6) is -0.304. The van der Waals surface area contributed by atoms with Crippen LogP contribution in [0.15, 0.2) is 22.7 Å². The summed E-state index contributed by atoms with van der Waals surface area (Å²) in [5, 5.41) is 3.65. The van der Waals surface area contributed by atoms with E-state index in [1.54, 1.807) is 25.1 Å². The van der Waals surface area contributed by atoms with Crippen molar-refractivity contribution in [3.8, 4) is 0 Å². The lowest BCUT2D eigenvalue weighted by Crippen LogP contribution is -2.34. The van der Waals surface area contributed by atoms with E-state index in [1.807, 2.05) is 0 Å². The van der Waals surface area contributed by atoms with Crippen LogP contribution >= 0.6 is 27.5 Å². The molecule has 0 aliphatic carbocycles. The van der Waals surface area contributed by atoms with Crippen LogP contribution in [0.1, 0.15) is 13.3 Å². The third kappa shape index (κ3) is 2.52. The molecule has 2 rings (SSSR count). The highest BCUT2D eigenvalue weighted by atomic mass is 79.9. The lowest BCUT2D eigenvalue weighted by atomic mass is 10.2. The molecular formula is C12H12BrClN2O2. The fourth-order valence-electron chi connectivity index (χ4n) is 1.92. The number of nitrogens with zero attached hydrogens (tertiary/aromatic N) is 1. The summed E-state index contributed by atoms with van der Waals surface area (Å²) in [4.78, 5) is 24.7. The Balaban J connectivity index is 2.13. The molecule has 1 unspecified atom stereocenters. The minimum Gasteiger partial charge on any atom is -0.373 e. The summed E-state index contributed by atoms with van der Waals surface area (Å²) in [5.41, 5.74) is 0.760. The number of carbonyl (C=O) groups excluding carboxylic acids is 2. The van der Waals surface area contributed by atoms with Gasteiger partial charge < -0.3 is 5.32 Å². The van der Waals surface area contributed by atoms with Gasteiger partial charge in [-0.1, -0.05) is 11.6 Å². The number of likely N-dealkylation sites (N-methyl/N-ethyl adjacent to an activating group) is 1. The van der Waals surface area contributed by atoms with E-state index in [4.69, 9.17) is 11.6 Å². The maximum Gasteiger partial charge on any atom is 0.252 e. The third-order valence-corrected chi connectivity index (χ3v) is 4.03. The van der Waals surface area contributed by atoms with Gasteiger partial charge in [-0.3, -0.25) is 14.5 Å².